The molecule has 0 aliphatic rings. The molecular weight excluding hydrogens is 991 g/mol. The predicted molar refractivity (Wildman–Crippen MR) is 297 cm³/mol. The largest absolute Gasteiger partial charge is 3.00 e. The average molecular weight is 1060 g/mol. The summed E-state index contributed by atoms with van der Waals surface area (Å²) < 4.78 is 0. The van der Waals surface area contributed by atoms with Crippen LogP contribution in [0.5, 0.6) is 0 Å². The molecule has 0 aliphatic carbocycles. The van der Waals surface area contributed by atoms with E-state index in [1.54, 1.807) is 0 Å². The number of benzene rings is 6. The molecule has 0 aliphatic heterocycles. The van der Waals surface area contributed by atoms with Gasteiger partial charge in [0.05, 0.1) is 17.1 Å². The van der Waals surface area contributed by atoms with Crippen LogP contribution >= 0.6 is 0 Å². The topological polar surface area (TPSA) is 79.4 Å². The first-order valence-electron chi connectivity index (χ1n) is 24.8. The molecule has 3 aromatic heterocycles. The summed E-state index contributed by atoms with van der Waals surface area (Å²) in [6.07, 6.45) is 5.69. The van der Waals surface area contributed by atoms with Crippen molar-refractivity contribution in [1.29, 1.82) is 0 Å². The maximum Gasteiger partial charge on any atom is 3.00 e. The maximum atomic E-state index is 4.83. The molecule has 70 heavy (non-hydrogen) atoms. The summed E-state index contributed by atoms with van der Waals surface area (Å²) >= 11 is 0. The zero-order chi connectivity index (χ0) is 49.2. The Bertz CT molecular complexity index is 2680. The first kappa shape index (κ1) is 53.6. The van der Waals surface area contributed by atoms with Crippen LogP contribution in [0.3, 0.4) is 0 Å². The molecule has 1 radical (unpaired) electrons. The average Bonchev–Trinajstić information content (AvgIpc) is 4.08. The smallest absolute Gasteiger partial charge is 0.656 e. The van der Waals surface area contributed by atoms with E-state index in [0.717, 1.165) is 66.9 Å². The molecule has 9 aromatic rings. The second-order valence-corrected chi connectivity index (χ2v) is 19.8. The molecular formula is C63H69N6Sm. The maximum absolute atomic E-state index is 4.83. The molecule has 3 heterocycles. The number of hydrogen-bond donors (Lipinski definition) is 0. The van der Waals surface area contributed by atoms with Gasteiger partial charge in [0.2, 0.25) is 0 Å². The molecule has 357 valence electrons. The van der Waals surface area contributed by atoms with Crippen molar-refractivity contribution in [1.82, 2.24) is 15.0 Å². The fourth-order valence-electron chi connectivity index (χ4n) is 8.70. The molecule has 0 saturated carbocycles. The fraction of sp³-hybridized carbons (Fsp3) is 0.286. The van der Waals surface area contributed by atoms with Gasteiger partial charge < -0.3 is 15.0 Å². The number of hydrogen-bond acceptors (Lipinski definition) is 3. The van der Waals surface area contributed by atoms with Crippen LogP contribution in [0.15, 0.2) is 161 Å². The zero-order valence-corrected chi connectivity index (χ0v) is 45.8. The predicted octanol–water partition coefficient (Wildman–Crippen LogP) is 17.4. The van der Waals surface area contributed by atoms with Gasteiger partial charge in [0.25, 0.3) is 0 Å². The number of nitrogens with zero attached hydrogens (tertiary/aromatic N) is 6. The third-order valence-corrected chi connectivity index (χ3v) is 12.5. The minimum atomic E-state index is 0. The van der Waals surface area contributed by atoms with E-state index in [9.17, 15) is 0 Å². The second kappa shape index (κ2) is 24.9. The van der Waals surface area contributed by atoms with Gasteiger partial charge in [-0.2, -0.15) is 0 Å². The minimum absolute atomic E-state index is 0. The molecule has 0 saturated heterocycles. The van der Waals surface area contributed by atoms with Gasteiger partial charge in [-0.1, -0.05) is 229 Å². The van der Waals surface area contributed by atoms with Crippen molar-refractivity contribution in [3.63, 3.8) is 0 Å². The van der Waals surface area contributed by atoms with Crippen LogP contribution in [-0.4, -0.2) is 18.6 Å². The molecule has 0 fully saturated rings. The SMILES string of the molecule is CC(C)c1cccc(C(C)C)c1N=Cc1cc2ccccc2[n-]1.CC(C)c1cccc(C(C)C)c1N=Cc1cc2ccccc2[n-]1.CC(C)c1cccc(C(C)C)c1N=Cc1cc2ccccc2[n-]1.[Sm+3]. The Morgan fingerprint density at radius 1 is 0.300 bits per heavy atom. The summed E-state index contributed by atoms with van der Waals surface area (Å²) in [5.74, 6) is 2.71. The van der Waals surface area contributed by atoms with Crippen molar-refractivity contribution >= 4 is 68.4 Å². The van der Waals surface area contributed by atoms with E-state index in [2.05, 4.69) is 189 Å². The van der Waals surface area contributed by atoms with Crippen molar-refractivity contribution in [2.24, 2.45) is 15.0 Å². The number of aromatic nitrogens is 3. The Morgan fingerprint density at radius 2 is 0.514 bits per heavy atom. The summed E-state index contributed by atoms with van der Waals surface area (Å²) in [5, 5.41) is 3.49. The van der Waals surface area contributed by atoms with Crippen LogP contribution in [0.1, 0.15) is 169 Å². The molecule has 0 unspecified atom stereocenters. The van der Waals surface area contributed by atoms with Crippen molar-refractivity contribution in [3.8, 4) is 0 Å². The van der Waals surface area contributed by atoms with Crippen LogP contribution in [-0.2, 0) is 0 Å². The van der Waals surface area contributed by atoms with Crippen molar-refractivity contribution in [2.45, 2.75) is 119 Å². The Hall–Kier alpha value is -5.71. The Morgan fingerprint density at radius 3 is 0.714 bits per heavy atom. The van der Waals surface area contributed by atoms with Crippen molar-refractivity contribution in [2.75, 3.05) is 0 Å². The number of rotatable bonds is 12. The summed E-state index contributed by atoms with van der Waals surface area (Å²) in [6, 6.07) is 50.3. The summed E-state index contributed by atoms with van der Waals surface area (Å²) in [5.41, 5.74) is 16.9. The van der Waals surface area contributed by atoms with E-state index in [4.69, 9.17) is 15.0 Å². The zero-order valence-electron chi connectivity index (χ0n) is 43.1. The molecule has 0 bridgehead atoms. The van der Waals surface area contributed by atoms with E-state index < -0.39 is 0 Å². The summed E-state index contributed by atoms with van der Waals surface area (Å²) in [6.45, 7) is 26.6. The third-order valence-electron chi connectivity index (χ3n) is 12.5. The van der Waals surface area contributed by atoms with E-state index in [1.807, 2.05) is 73.2 Å². The van der Waals surface area contributed by atoms with Gasteiger partial charge >= 0.3 is 40.4 Å². The van der Waals surface area contributed by atoms with E-state index in [0.29, 0.717) is 35.5 Å². The second-order valence-electron chi connectivity index (χ2n) is 19.8. The molecule has 0 amide bonds. The molecule has 0 spiro atoms. The van der Waals surface area contributed by atoms with Crippen LogP contribution in [0.4, 0.5) is 17.1 Å². The normalized spacial score (nSPS) is 11.9. The minimum Gasteiger partial charge on any atom is -0.656 e. The monoisotopic (exact) mass is 1060 g/mol. The fourth-order valence-corrected chi connectivity index (χ4v) is 8.70. The van der Waals surface area contributed by atoms with Crippen molar-refractivity contribution in [3.05, 3.63) is 196 Å². The van der Waals surface area contributed by atoms with Gasteiger partial charge in [0.15, 0.2) is 0 Å². The van der Waals surface area contributed by atoms with E-state index in [1.165, 1.54) is 33.4 Å². The van der Waals surface area contributed by atoms with Crippen LogP contribution < -0.4 is 15.0 Å². The van der Waals surface area contributed by atoms with Crippen molar-refractivity contribution < 1.29 is 40.4 Å². The summed E-state index contributed by atoms with van der Waals surface area (Å²) in [4.78, 5) is 28.4. The van der Waals surface area contributed by atoms with Crippen LogP contribution in [0.2, 0.25) is 0 Å². The number of fused-ring (bicyclic) bond motifs is 3. The molecule has 6 nitrogen and oxygen atoms in total. The van der Waals surface area contributed by atoms with Gasteiger partial charge in [0, 0.05) is 18.6 Å². The van der Waals surface area contributed by atoms with Gasteiger partial charge in [-0.15, -0.1) is 33.6 Å². The van der Waals surface area contributed by atoms with Crippen LogP contribution in [0.25, 0.3) is 32.7 Å². The molecule has 9 rings (SSSR count). The van der Waals surface area contributed by atoms with Gasteiger partial charge in [0.1, 0.15) is 0 Å². The number of aliphatic imine (C=N–C) groups is 3. The van der Waals surface area contributed by atoms with Gasteiger partial charge in [-0.25, -0.2) is 0 Å². The Kier molecular flexibility index (Phi) is 19.1. The first-order chi connectivity index (χ1) is 33.2. The first-order valence-corrected chi connectivity index (χ1v) is 24.8. The van der Waals surface area contributed by atoms with E-state index >= 15 is 0 Å². The van der Waals surface area contributed by atoms with Gasteiger partial charge in [-0.05, 0) is 85.0 Å². The molecule has 7 heteroatoms. The molecule has 0 atom stereocenters. The number of para-hydroxylation sites is 6. The summed E-state index contributed by atoms with van der Waals surface area (Å²) in [7, 11) is 0. The van der Waals surface area contributed by atoms with E-state index in [-0.39, 0.29) is 40.4 Å². The molecule has 0 N–H and O–H groups in total. The standard InChI is InChI=1S/3C21H23N2.Sm/c3*1-14(2)18-9-7-10-19(15(3)4)21(18)22-13-17-12-16-8-5-6-11-20(16)23-17;/h3*5-15H,1-4H3;/q3*-1;+3. The Labute approximate surface area is 449 Å². The molecule has 6 aromatic carbocycles. The quantitative estimate of drug-likeness (QED) is 0.114. The van der Waals surface area contributed by atoms with Gasteiger partial charge in [-0.3, -0.25) is 15.0 Å². The Balaban J connectivity index is 0.000000171. The third kappa shape index (κ3) is 13.4. The van der Waals surface area contributed by atoms with Crippen LogP contribution in [0, 0.1) is 40.4 Å².